The molecule has 128 valence electrons. The maximum absolute atomic E-state index is 12.0. The van der Waals surface area contributed by atoms with Crippen LogP contribution >= 0.6 is 0 Å². The maximum atomic E-state index is 12.0. The van der Waals surface area contributed by atoms with Gasteiger partial charge < -0.3 is 19.3 Å². The number of aromatic nitrogens is 1. The van der Waals surface area contributed by atoms with E-state index in [-0.39, 0.29) is 5.91 Å². The molecule has 2 aliphatic rings. The molecule has 1 saturated heterocycles. The summed E-state index contributed by atoms with van der Waals surface area (Å²) in [5.74, 6) is 2.20. The van der Waals surface area contributed by atoms with Crippen molar-refractivity contribution in [2.45, 2.75) is 39.2 Å². The third-order valence-electron chi connectivity index (χ3n) is 4.98. The molecule has 1 saturated carbocycles. The molecule has 1 aromatic rings. The molecule has 1 N–H and O–H groups in total. The lowest BCUT2D eigenvalue weighted by Gasteiger charge is -2.14. The first-order chi connectivity index (χ1) is 11.2. The van der Waals surface area contributed by atoms with Crippen molar-refractivity contribution < 1.29 is 18.8 Å². The molecule has 0 bridgehead atoms. The minimum Gasteiger partial charge on any atom is -0.381 e. The van der Waals surface area contributed by atoms with Crippen molar-refractivity contribution in [3.05, 3.63) is 17.5 Å². The second-order valence-corrected chi connectivity index (χ2v) is 6.80. The van der Waals surface area contributed by atoms with Gasteiger partial charge in [0.1, 0.15) is 6.61 Å². The summed E-state index contributed by atoms with van der Waals surface area (Å²) in [4.78, 5) is 12.0. The highest BCUT2D eigenvalue weighted by Crippen LogP contribution is 2.31. The van der Waals surface area contributed by atoms with E-state index in [9.17, 15) is 4.79 Å². The summed E-state index contributed by atoms with van der Waals surface area (Å²) in [5.41, 5.74) is 0.316. The van der Waals surface area contributed by atoms with Crippen molar-refractivity contribution in [3.8, 4) is 0 Å². The normalized spacial score (nSPS) is 27.4. The van der Waals surface area contributed by atoms with Crippen LogP contribution in [0.1, 0.15) is 48.9 Å². The zero-order valence-corrected chi connectivity index (χ0v) is 13.8. The Morgan fingerprint density at radius 1 is 1.43 bits per heavy atom. The lowest BCUT2D eigenvalue weighted by atomic mass is 9.99. The Labute approximate surface area is 136 Å². The van der Waals surface area contributed by atoms with Crippen molar-refractivity contribution in [2.75, 3.05) is 26.4 Å². The van der Waals surface area contributed by atoms with E-state index in [0.29, 0.717) is 36.4 Å². The monoisotopic (exact) mass is 322 g/mol. The molecule has 0 aromatic carbocycles. The van der Waals surface area contributed by atoms with Crippen LogP contribution in [0.2, 0.25) is 0 Å². The van der Waals surface area contributed by atoms with Crippen LogP contribution in [0.15, 0.2) is 10.6 Å². The minimum atomic E-state index is -0.198. The molecule has 6 nitrogen and oxygen atoms in total. The topological polar surface area (TPSA) is 73.6 Å². The van der Waals surface area contributed by atoms with Crippen LogP contribution in [0, 0.1) is 17.8 Å². The number of ether oxygens (including phenoxy) is 2. The summed E-state index contributed by atoms with van der Waals surface area (Å²) in [6.07, 6.45) is 4.84. The number of nitrogens with one attached hydrogen (secondary N) is 1. The van der Waals surface area contributed by atoms with E-state index in [0.717, 1.165) is 32.2 Å². The summed E-state index contributed by atoms with van der Waals surface area (Å²) < 4.78 is 16.2. The van der Waals surface area contributed by atoms with Gasteiger partial charge in [0.05, 0.1) is 13.2 Å². The van der Waals surface area contributed by atoms with Gasteiger partial charge in [0, 0.05) is 25.1 Å². The number of carbonyl (C=O) groups excluding carboxylic acids is 1. The summed E-state index contributed by atoms with van der Waals surface area (Å²) >= 11 is 0. The molecular weight excluding hydrogens is 296 g/mol. The summed E-state index contributed by atoms with van der Waals surface area (Å²) in [6, 6.07) is 1.67. The van der Waals surface area contributed by atoms with Crippen LogP contribution in [-0.2, 0) is 16.1 Å². The molecular formula is C17H26N2O4. The van der Waals surface area contributed by atoms with Crippen molar-refractivity contribution in [2.24, 2.45) is 17.8 Å². The van der Waals surface area contributed by atoms with E-state index < -0.39 is 0 Å². The second kappa shape index (κ2) is 7.93. The standard InChI is InChI=1S/C17H26N2O4/c1-12-3-2-4-14(12)10-22-11-15-7-16(19-23-15)17(20)18-8-13-5-6-21-9-13/h7,12-14H,2-6,8-11H2,1H3,(H,18,20). The molecule has 6 heteroatoms. The zero-order chi connectivity index (χ0) is 16.1. The third kappa shape index (κ3) is 4.54. The first-order valence-electron chi connectivity index (χ1n) is 8.61. The predicted octanol–water partition coefficient (Wildman–Crippen LogP) is 2.39. The summed E-state index contributed by atoms with van der Waals surface area (Å²) in [7, 11) is 0. The predicted molar refractivity (Wildman–Crippen MR) is 83.9 cm³/mol. The molecule has 23 heavy (non-hydrogen) atoms. The third-order valence-corrected chi connectivity index (χ3v) is 4.98. The Morgan fingerprint density at radius 2 is 2.35 bits per heavy atom. The Morgan fingerprint density at radius 3 is 3.09 bits per heavy atom. The molecule has 2 fully saturated rings. The first-order valence-corrected chi connectivity index (χ1v) is 8.61. The highest BCUT2D eigenvalue weighted by atomic mass is 16.5. The Kier molecular flexibility index (Phi) is 5.67. The fraction of sp³-hybridized carbons (Fsp3) is 0.765. The first kappa shape index (κ1) is 16.5. The number of hydrogen-bond acceptors (Lipinski definition) is 5. The van der Waals surface area contributed by atoms with Crippen molar-refractivity contribution in [3.63, 3.8) is 0 Å². The van der Waals surface area contributed by atoms with Gasteiger partial charge in [0.25, 0.3) is 5.91 Å². The maximum Gasteiger partial charge on any atom is 0.273 e. The number of carbonyl (C=O) groups is 1. The number of rotatable bonds is 7. The fourth-order valence-corrected chi connectivity index (χ4v) is 3.34. The number of nitrogens with zero attached hydrogens (tertiary/aromatic N) is 1. The van der Waals surface area contributed by atoms with E-state index in [1.54, 1.807) is 6.07 Å². The van der Waals surface area contributed by atoms with Gasteiger partial charge in [-0.15, -0.1) is 0 Å². The zero-order valence-electron chi connectivity index (χ0n) is 13.8. The van der Waals surface area contributed by atoms with Crippen LogP contribution in [0.3, 0.4) is 0 Å². The van der Waals surface area contributed by atoms with Gasteiger partial charge in [0.15, 0.2) is 11.5 Å². The SMILES string of the molecule is CC1CCCC1COCc1cc(C(=O)NCC2CCOC2)no1. The van der Waals surface area contributed by atoms with Gasteiger partial charge in [-0.3, -0.25) is 4.79 Å². The van der Waals surface area contributed by atoms with Crippen LogP contribution in [-0.4, -0.2) is 37.4 Å². The number of amides is 1. The molecule has 3 rings (SSSR count). The van der Waals surface area contributed by atoms with E-state index in [2.05, 4.69) is 17.4 Å². The number of hydrogen-bond donors (Lipinski definition) is 1. The van der Waals surface area contributed by atoms with Gasteiger partial charge >= 0.3 is 0 Å². The highest BCUT2D eigenvalue weighted by Gasteiger charge is 2.23. The van der Waals surface area contributed by atoms with Crippen molar-refractivity contribution in [1.82, 2.24) is 10.5 Å². The molecule has 3 unspecified atom stereocenters. The highest BCUT2D eigenvalue weighted by molar-refractivity contribution is 5.92. The average Bonchev–Trinajstić information content (AvgIpc) is 3.28. The molecule has 1 aliphatic heterocycles. The molecule has 2 heterocycles. The molecule has 1 amide bonds. The smallest absolute Gasteiger partial charge is 0.273 e. The molecule has 0 radical (unpaired) electrons. The van der Waals surface area contributed by atoms with E-state index in [1.165, 1.54) is 19.3 Å². The Bertz CT molecular complexity index is 510. The largest absolute Gasteiger partial charge is 0.381 e. The summed E-state index contributed by atoms with van der Waals surface area (Å²) in [5, 5.41) is 6.71. The molecule has 0 spiro atoms. The average molecular weight is 322 g/mol. The quantitative estimate of drug-likeness (QED) is 0.834. The van der Waals surface area contributed by atoms with Crippen molar-refractivity contribution in [1.29, 1.82) is 0 Å². The van der Waals surface area contributed by atoms with Crippen LogP contribution in [0.5, 0.6) is 0 Å². The fourth-order valence-electron chi connectivity index (χ4n) is 3.34. The molecule has 1 aromatic heterocycles. The second-order valence-electron chi connectivity index (χ2n) is 6.80. The van der Waals surface area contributed by atoms with E-state index >= 15 is 0 Å². The van der Waals surface area contributed by atoms with E-state index in [4.69, 9.17) is 14.0 Å². The van der Waals surface area contributed by atoms with Crippen LogP contribution in [0.4, 0.5) is 0 Å². The minimum absolute atomic E-state index is 0.198. The lowest BCUT2D eigenvalue weighted by Crippen LogP contribution is -2.29. The van der Waals surface area contributed by atoms with Crippen molar-refractivity contribution >= 4 is 5.91 Å². The Hall–Kier alpha value is -1.40. The van der Waals surface area contributed by atoms with Crippen LogP contribution in [0.25, 0.3) is 0 Å². The van der Waals surface area contributed by atoms with E-state index in [1.807, 2.05) is 0 Å². The van der Waals surface area contributed by atoms with Gasteiger partial charge in [-0.2, -0.15) is 0 Å². The Balaban J connectivity index is 1.39. The van der Waals surface area contributed by atoms with Gasteiger partial charge in [-0.05, 0) is 24.7 Å². The van der Waals surface area contributed by atoms with Crippen LogP contribution < -0.4 is 5.32 Å². The van der Waals surface area contributed by atoms with Gasteiger partial charge in [-0.25, -0.2) is 0 Å². The lowest BCUT2D eigenvalue weighted by molar-refractivity contribution is 0.0629. The van der Waals surface area contributed by atoms with Gasteiger partial charge in [-0.1, -0.05) is 24.9 Å². The molecule has 3 atom stereocenters. The summed E-state index contributed by atoms with van der Waals surface area (Å²) in [6.45, 7) is 5.54. The molecule has 1 aliphatic carbocycles. The van der Waals surface area contributed by atoms with Gasteiger partial charge in [0.2, 0.25) is 0 Å².